The van der Waals surface area contributed by atoms with Crippen LogP contribution in [0, 0.1) is 5.82 Å². The highest BCUT2D eigenvalue weighted by Gasteiger charge is 2.08. The highest BCUT2D eigenvalue weighted by Crippen LogP contribution is 2.19. The maximum atomic E-state index is 12.8. The Labute approximate surface area is 146 Å². The van der Waals surface area contributed by atoms with Crippen LogP contribution in [0.5, 0.6) is 5.75 Å². The third kappa shape index (κ3) is 6.25. The van der Waals surface area contributed by atoms with Crippen LogP contribution < -0.4 is 15.4 Å². The van der Waals surface area contributed by atoms with E-state index in [1.165, 1.54) is 24.3 Å². The standard InChI is InChI=1S/C19H21FN2O3/c1-13(2)14-4-3-5-17(10-14)25-12-19(24)21-11-18(23)22-16-8-6-15(20)7-9-16/h3-10,13H,11-12H2,1-2H3,(H,21,24)(H,22,23). The number of hydrogen-bond acceptors (Lipinski definition) is 3. The quantitative estimate of drug-likeness (QED) is 0.811. The Hall–Kier alpha value is -2.89. The minimum atomic E-state index is -0.401. The fraction of sp³-hybridized carbons (Fsp3) is 0.263. The summed E-state index contributed by atoms with van der Waals surface area (Å²) in [6.07, 6.45) is 0. The summed E-state index contributed by atoms with van der Waals surface area (Å²) < 4.78 is 18.2. The van der Waals surface area contributed by atoms with Gasteiger partial charge in [0.25, 0.3) is 5.91 Å². The Balaban J connectivity index is 1.74. The highest BCUT2D eigenvalue weighted by molar-refractivity contribution is 5.94. The summed E-state index contributed by atoms with van der Waals surface area (Å²) in [5.41, 5.74) is 1.58. The van der Waals surface area contributed by atoms with Gasteiger partial charge in [0.15, 0.2) is 6.61 Å². The van der Waals surface area contributed by atoms with Gasteiger partial charge in [-0.15, -0.1) is 0 Å². The van der Waals surface area contributed by atoms with E-state index in [1.54, 1.807) is 6.07 Å². The predicted molar refractivity (Wildman–Crippen MR) is 94.1 cm³/mol. The Morgan fingerprint density at radius 2 is 1.80 bits per heavy atom. The molecule has 132 valence electrons. The summed E-state index contributed by atoms with van der Waals surface area (Å²) in [4.78, 5) is 23.5. The molecular weight excluding hydrogens is 323 g/mol. The molecule has 2 rings (SSSR count). The van der Waals surface area contributed by atoms with Crippen molar-refractivity contribution in [2.45, 2.75) is 19.8 Å². The van der Waals surface area contributed by atoms with Gasteiger partial charge in [-0.3, -0.25) is 9.59 Å². The molecule has 0 aliphatic rings. The van der Waals surface area contributed by atoms with Gasteiger partial charge < -0.3 is 15.4 Å². The van der Waals surface area contributed by atoms with Crippen LogP contribution in [0.4, 0.5) is 10.1 Å². The van der Waals surface area contributed by atoms with E-state index in [-0.39, 0.29) is 19.0 Å². The van der Waals surface area contributed by atoms with Crippen molar-refractivity contribution in [3.63, 3.8) is 0 Å². The molecule has 0 atom stereocenters. The third-order valence-corrected chi connectivity index (χ3v) is 3.47. The summed E-state index contributed by atoms with van der Waals surface area (Å²) in [5.74, 6) is -0.208. The van der Waals surface area contributed by atoms with E-state index < -0.39 is 11.8 Å². The maximum Gasteiger partial charge on any atom is 0.258 e. The smallest absolute Gasteiger partial charge is 0.258 e. The highest BCUT2D eigenvalue weighted by atomic mass is 19.1. The molecule has 0 unspecified atom stereocenters. The van der Waals surface area contributed by atoms with Crippen LogP contribution in [-0.4, -0.2) is 25.0 Å². The van der Waals surface area contributed by atoms with Crippen LogP contribution >= 0.6 is 0 Å². The predicted octanol–water partition coefficient (Wildman–Crippen LogP) is 3.08. The van der Waals surface area contributed by atoms with Crippen LogP contribution in [0.1, 0.15) is 25.3 Å². The average molecular weight is 344 g/mol. The number of halogens is 1. The molecule has 2 aromatic carbocycles. The SMILES string of the molecule is CC(C)c1cccc(OCC(=O)NCC(=O)Nc2ccc(F)cc2)c1. The minimum absolute atomic E-state index is 0.175. The van der Waals surface area contributed by atoms with Crippen molar-refractivity contribution < 1.29 is 18.7 Å². The number of amides is 2. The van der Waals surface area contributed by atoms with Crippen molar-refractivity contribution in [1.29, 1.82) is 0 Å². The lowest BCUT2D eigenvalue weighted by Gasteiger charge is -2.10. The lowest BCUT2D eigenvalue weighted by atomic mass is 10.0. The van der Waals surface area contributed by atoms with Gasteiger partial charge in [0.05, 0.1) is 6.54 Å². The van der Waals surface area contributed by atoms with Crippen LogP contribution in [0.2, 0.25) is 0 Å². The van der Waals surface area contributed by atoms with Gasteiger partial charge in [-0.2, -0.15) is 0 Å². The topological polar surface area (TPSA) is 67.4 Å². The molecule has 2 aromatic rings. The number of rotatable bonds is 7. The summed E-state index contributed by atoms with van der Waals surface area (Å²) >= 11 is 0. The molecule has 5 nitrogen and oxygen atoms in total. The van der Waals surface area contributed by atoms with Gasteiger partial charge in [0.1, 0.15) is 11.6 Å². The lowest BCUT2D eigenvalue weighted by molar-refractivity contribution is -0.125. The molecule has 2 N–H and O–H groups in total. The average Bonchev–Trinajstić information content (AvgIpc) is 2.60. The summed E-state index contributed by atoms with van der Waals surface area (Å²) in [6, 6.07) is 12.9. The molecule has 6 heteroatoms. The molecule has 0 fully saturated rings. The number of hydrogen-bond donors (Lipinski definition) is 2. The zero-order valence-corrected chi connectivity index (χ0v) is 14.2. The van der Waals surface area contributed by atoms with Gasteiger partial charge >= 0.3 is 0 Å². The van der Waals surface area contributed by atoms with E-state index in [0.29, 0.717) is 17.4 Å². The summed E-state index contributed by atoms with van der Waals surface area (Å²) in [6.45, 7) is 3.79. The monoisotopic (exact) mass is 344 g/mol. The van der Waals surface area contributed by atoms with Crippen molar-refractivity contribution in [3.05, 3.63) is 59.9 Å². The third-order valence-electron chi connectivity index (χ3n) is 3.47. The second-order valence-corrected chi connectivity index (χ2v) is 5.85. The second kappa shape index (κ2) is 8.82. The van der Waals surface area contributed by atoms with E-state index in [9.17, 15) is 14.0 Å². The second-order valence-electron chi connectivity index (χ2n) is 5.85. The Morgan fingerprint density at radius 3 is 2.48 bits per heavy atom. The van der Waals surface area contributed by atoms with Gasteiger partial charge in [0.2, 0.25) is 5.91 Å². The Morgan fingerprint density at radius 1 is 1.08 bits per heavy atom. The number of ether oxygens (including phenoxy) is 1. The molecule has 2 amide bonds. The largest absolute Gasteiger partial charge is 0.484 e. The number of carbonyl (C=O) groups is 2. The molecule has 0 radical (unpaired) electrons. The Kier molecular flexibility index (Phi) is 6.51. The first-order valence-corrected chi connectivity index (χ1v) is 7.99. The van der Waals surface area contributed by atoms with Crippen molar-refractivity contribution in [3.8, 4) is 5.75 Å². The van der Waals surface area contributed by atoms with Crippen molar-refractivity contribution >= 4 is 17.5 Å². The van der Waals surface area contributed by atoms with Crippen molar-refractivity contribution in [2.24, 2.45) is 0 Å². The molecule has 0 saturated carbocycles. The fourth-order valence-corrected chi connectivity index (χ4v) is 2.08. The lowest BCUT2D eigenvalue weighted by Crippen LogP contribution is -2.35. The molecule has 0 bridgehead atoms. The molecule has 0 heterocycles. The van der Waals surface area contributed by atoms with Crippen LogP contribution in [0.3, 0.4) is 0 Å². The van der Waals surface area contributed by atoms with E-state index in [4.69, 9.17) is 4.74 Å². The van der Waals surface area contributed by atoms with Gasteiger partial charge in [-0.25, -0.2) is 4.39 Å². The molecule has 0 aliphatic carbocycles. The van der Waals surface area contributed by atoms with E-state index in [1.807, 2.05) is 18.2 Å². The summed E-state index contributed by atoms with van der Waals surface area (Å²) in [7, 11) is 0. The summed E-state index contributed by atoms with van der Waals surface area (Å²) in [5, 5.41) is 5.03. The first kappa shape index (κ1) is 18.4. The van der Waals surface area contributed by atoms with Crippen molar-refractivity contribution in [1.82, 2.24) is 5.32 Å². The van der Waals surface area contributed by atoms with Crippen LogP contribution in [-0.2, 0) is 9.59 Å². The molecule has 0 spiro atoms. The zero-order chi connectivity index (χ0) is 18.2. The molecule has 0 saturated heterocycles. The number of anilines is 1. The number of nitrogens with one attached hydrogen (secondary N) is 2. The van der Waals surface area contributed by atoms with Crippen LogP contribution in [0.15, 0.2) is 48.5 Å². The van der Waals surface area contributed by atoms with Gasteiger partial charge in [-0.05, 0) is 47.9 Å². The number of carbonyl (C=O) groups excluding carboxylic acids is 2. The normalized spacial score (nSPS) is 10.4. The number of benzene rings is 2. The van der Waals surface area contributed by atoms with E-state index in [0.717, 1.165) is 5.56 Å². The molecule has 25 heavy (non-hydrogen) atoms. The first-order chi connectivity index (χ1) is 11.9. The fourth-order valence-electron chi connectivity index (χ4n) is 2.08. The molecular formula is C19H21FN2O3. The maximum absolute atomic E-state index is 12.8. The first-order valence-electron chi connectivity index (χ1n) is 7.99. The van der Waals surface area contributed by atoms with Gasteiger partial charge in [0, 0.05) is 5.69 Å². The van der Waals surface area contributed by atoms with E-state index in [2.05, 4.69) is 24.5 Å². The van der Waals surface area contributed by atoms with E-state index >= 15 is 0 Å². The molecule has 0 aromatic heterocycles. The minimum Gasteiger partial charge on any atom is -0.484 e. The van der Waals surface area contributed by atoms with Gasteiger partial charge in [-0.1, -0.05) is 26.0 Å². The van der Waals surface area contributed by atoms with Crippen LogP contribution in [0.25, 0.3) is 0 Å². The van der Waals surface area contributed by atoms with Crippen molar-refractivity contribution in [2.75, 3.05) is 18.5 Å². The Bertz CT molecular complexity index is 730. The zero-order valence-electron chi connectivity index (χ0n) is 14.2. The molecule has 0 aliphatic heterocycles.